The highest BCUT2D eigenvalue weighted by molar-refractivity contribution is 7.21. The lowest BCUT2D eigenvalue weighted by molar-refractivity contribution is 0.0786. The molecule has 0 unspecified atom stereocenters. The normalized spacial score (nSPS) is 24.8. The van der Waals surface area contributed by atoms with Gasteiger partial charge in [-0.05, 0) is 24.0 Å². The third-order valence-electron chi connectivity index (χ3n) is 4.46. The third kappa shape index (κ3) is 2.25. The molecule has 0 saturated carbocycles. The maximum atomic E-state index is 12.8. The molecule has 2 aliphatic rings. The van der Waals surface area contributed by atoms with Gasteiger partial charge in [-0.15, -0.1) is 11.3 Å². The van der Waals surface area contributed by atoms with Gasteiger partial charge in [-0.2, -0.15) is 0 Å². The first-order valence-corrected chi connectivity index (χ1v) is 8.58. The molecule has 4 rings (SSSR count). The summed E-state index contributed by atoms with van der Waals surface area (Å²) in [6, 6.07) is 5.56. The van der Waals surface area contributed by atoms with E-state index in [1.807, 2.05) is 23.1 Å². The van der Waals surface area contributed by atoms with Crippen LogP contribution >= 0.6 is 34.5 Å². The molecule has 1 amide bonds. The van der Waals surface area contributed by atoms with Crippen LogP contribution in [0.4, 0.5) is 0 Å². The van der Waals surface area contributed by atoms with E-state index >= 15 is 0 Å². The molecular formula is C15H14Cl2N2OS. The van der Waals surface area contributed by atoms with Gasteiger partial charge in [-0.25, -0.2) is 0 Å². The molecule has 2 aromatic rings. The number of hydrogen-bond acceptors (Lipinski definition) is 3. The number of nitrogens with zero attached hydrogens (tertiary/aromatic N) is 1. The van der Waals surface area contributed by atoms with E-state index in [0.29, 0.717) is 26.8 Å². The average molecular weight is 341 g/mol. The number of fused-ring (bicyclic) bond motifs is 2. The molecule has 110 valence electrons. The van der Waals surface area contributed by atoms with Gasteiger partial charge in [0, 0.05) is 41.3 Å². The fourth-order valence-electron chi connectivity index (χ4n) is 3.34. The van der Waals surface area contributed by atoms with Crippen molar-refractivity contribution in [3.05, 3.63) is 33.1 Å². The minimum Gasteiger partial charge on any atom is -0.337 e. The number of halogens is 2. The van der Waals surface area contributed by atoms with Crippen LogP contribution < -0.4 is 5.32 Å². The van der Waals surface area contributed by atoms with Crippen LogP contribution in [0.1, 0.15) is 9.67 Å². The summed E-state index contributed by atoms with van der Waals surface area (Å²) in [5, 5.41) is 5.53. The highest BCUT2D eigenvalue weighted by Crippen LogP contribution is 2.38. The van der Waals surface area contributed by atoms with Crippen LogP contribution in [0.5, 0.6) is 0 Å². The second-order valence-corrected chi connectivity index (χ2v) is 7.64. The number of nitrogens with one attached hydrogen (secondary N) is 1. The van der Waals surface area contributed by atoms with Crippen molar-refractivity contribution in [1.29, 1.82) is 0 Å². The maximum Gasteiger partial charge on any atom is 0.265 e. The minimum absolute atomic E-state index is 0.0618. The van der Waals surface area contributed by atoms with E-state index in [1.165, 1.54) is 11.3 Å². The van der Waals surface area contributed by atoms with Crippen molar-refractivity contribution >= 4 is 50.5 Å². The summed E-state index contributed by atoms with van der Waals surface area (Å²) in [4.78, 5) is 15.3. The van der Waals surface area contributed by atoms with Crippen molar-refractivity contribution in [1.82, 2.24) is 10.2 Å². The molecule has 1 N–H and O–H groups in total. The summed E-state index contributed by atoms with van der Waals surface area (Å²) < 4.78 is 0.969. The lowest BCUT2D eigenvalue weighted by atomic mass is 10.0. The van der Waals surface area contributed by atoms with Gasteiger partial charge in [-0.3, -0.25) is 4.79 Å². The summed E-state index contributed by atoms with van der Waals surface area (Å²) in [5.74, 6) is 1.25. The second-order valence-electron chi connectivity index (χ2n) is 5.77. The van der Waals surface area contributed by atoms with Gasteiger partial charge in [0.1, 0.15) is 4.88 Å². The molecule has 3 heterocycles. The molecule has 2 aliphatic heterocycles. The predicted molar refractivity (Wildman–Crippen MR) is 87.6 cm³/mol. The highest BCUT2D eigenvalue weighted by Gasteiger charge is 2.39. The van der Waals surface area contributed by atoms with E-state index in [4.69, 9.17) is 23.2 Å². The van der Waals surface area contributed by atoms with Gasteiger partial charge in [0.15, 0.2) is 0 Å². The summed E-state index contributed by atoms with van der Waals surface area (Å²) in [7, 11) is 0. The maximum absolute atomic E-state index is 12.8. The van der Waals surface area contributed by atoms with E-state index in [2.05, 4.69) is 5.32 Å². The highest BCUT2D eigenvalue weighted by atomic mass is 35.5. The lowest BCUT2D eigenvalue weighted by Gasteiger charge is -2.16. The number of amides is 1. The van der Waals surface area contributed by atoms with Gasteiger partial charge in [0.25, 0.3) is 5.91 Å². The number of benzene rings is 1. The van der Waals surface area contributed by atoms with Crippen molar-refractivity contribution < 1.29 is 4.79 Å². The number of likely N-dealkylation sites (tertiary alicyclic amines) is 1. The van der Waals surface area contributed by atoms with Crippen LogP contribution in [0.2, 0.25) is 10.0 Å². The summed E-state index contributed by atoms with van der Waals surface area (Å²) in [6.07, 6.45) is 0. The van der Waals surface area contributed by atoms with Crippen LogP contribution in [-0.2, 0) is 0 Å². The summed E-state index contributed by atoms with van der Waals surface area (Å²) >= 11 is 13.9. The number of thiophene rings is 1. The average Bonchev–Trinajstić information content (AvgIpc) is 3.11. The zero-order valence-electron chi connectivity index (χ0n) is 11.2. The number of hydrogen-bond donors (Lipinski definition) is 1. The molecule has 0 bridgehead atoms. The molecular weight excluding hydrogens is 327 g/mol. The van der Waals surface area contributed by atoms with Crippen molar-refractivity contribution in [3.63, 3.8) is 0 Å². The van der Waals surface area contributed by atoms with Gasteiger partial charge in [0.05, 0.1) is 5.02 Å². The molecule has 2 saturated heterocycles. The van der Waals surface area contributed by atoms with Crippen LogP contribution in [0.3, 0.4) is 0 Å². The van der Waals surface area contributed by atoms with Gasteiger partial charge in [-0.1, -0.05) is 29.3 Å². The topological polar surface area (TPSA) is 32.3 Å². The van der Waals surface area contributed by atoms with E-state index in [0.717, 1.165) is 36.3 Å². The Balaban J connectivity index is 1.67. The molecule has 2 atom stereocenters. The lowest BCUT2D eigenvalue weighted by Crippen LogP contribution is -2.31. The largest absolute Gasteiger partial charge is 0.337 e. The molecule has 2 fully saturated rings. The molecule has 0 aliphatic carbocycles. The van der Waals surface area contributed by atoms with Gasteiger partial charge >= 0.3 is 0 Å². The van der Waals surface area contributed by atoms with E-state index in [1.54, 1.807) is 0 Å². The second kappa shape index (κ2) is 5.13. The van der Waals surface area contributed by atoms with Crippen LogP contribution in [0, 0.1) is 11.8 Å². The SMILES string of the molecule is O=C(c1sc2cc(Cl)ccc2c1Cl)N1C[C@H]2CNC[C@H]2C1. The Kier molecular flexibility index (Phi) is 3.38. The Morgan fingerprint density at radius 2 is 1.95 bits per heavy atom. The van der Waals surface area contributed by atoms with Crippen LogP contribution in [-0.4, -0.2) is 37.0 Å². The standard InChI is InChI=1S/C15H14Cl2N2OS/c16-10-1-2-11-12(3-10)21-14(13(11)17)15(20)19-6-8-4-18-5-9(8)7-19/h1-3,8-9,18H,4-7H2/t8-,9+. The first kappa shape index (κ1) is 13.8. The van der Waals surface area contributed by atoms with Crippen molar-refractivity contribution in [2.24, 2.45) is 11.8 Å². The fraction of sp³-hybridized carbons (Fsp3) is 0.400. The zero-order chi connectivity index (χ0) is 14.6. The Bertz CT molecular complexity index is 718. The van der Waals surface area contributed by atoms with E-state index in [-0.39, 0.29) is 5.91 Å². The van der Waals surface area contributed by atoms with Gasteiger partial charge < -0.3 is 10.2 Å². The summed E-state index contributed by atoms with van der Waals surface area (Å²) in [6.45, 7) is 3.71. The smallest absolute Gasteiger partial charge is 0.265 e. The van der Waals surface area contributed by atoms with E-state index in [9.17, 15) is 4.79 Å². The minimum atomic E-state index is 0.0618. The third-order valence-corrected chi connectivity index (χ3v) is 6.34. The molecule has 1 aromatic carbocycles. The number of rotatable bonds is 1. The molecule has 0 spiro atoms. The molecule has 0 radical (unpaired) electrons. The molecule has 1 aromatic heterocycles. The number of carbonyl (C=O) groups excluding carboxylic acids is 1. The fourth-order valence-corrected chi connectivity index (χ4v) is 5.10. The Morgan fingerprint density at radius 1 is 1.24 bits per heavy atom. The van der Waals surface area contributed by atoms with Crippen molar-refractivity contribution in [2.75, 3.05) is 26.2 Å². The van der Waals surface area contributed by atoms with Crippen molar-refractivity contribution in [3.8, 4) is 0 Å². The summed E-state index contributed by atoms with van der Waals surface area (Å²) in [5.41, 5.74) is 0. The Labute approximate surface area is 136 Å². The molecule has 21 heavy (non-hydrogen) atoms. The first-order chi connectivity index (χ1) is 10.1. The predicted octanol–water partition coefficient (Wildman–Crippen LogP) is 3.50. The van der Waals surface area contributed by atoms with Gasteiger partial charge in [0.2, 0.25) is 0 Å². The Morgan fingerprint density at radius 3 is 2.67 bits per heavy atom. The first-order valence-electron chi connectivity index (χ1n) is 7.01. The quantitative estimate of drug-likeness (QED) is 0.861. The monoisotopic (exact) mass is 340 g/mol. The Hall–Kier alpha value is -0.810. The molecule has 3 nitrogen and oxygen atoms in total. The van der Waals surface area contributed by atoms with Crippen LogP contribution in [0.15, 0.2) is 18.2 Å². The zero-order valence-corrected chi connectivity index (χ0v) is 13.6. The van der Waals surface area contributed by atoms with E-state index < -0.39 is 0 Å². The van der Waals surface area contributed by atoms with Crippen molar-refractivity contribution in [2.45, 2.75) is 0 Å². The van der Waals surface area contributed by atoms with Crippen LogP contribution in [0.25, 0.3) is 10.1 Å². The number of carbonyl (C=O) groups is 1. The molecule has 6 heteroatoms.